The summed E-state index contributed by atoms with van der Waals surface area (Å²) in [6.45, 7) is 2.43. The van der Waals surface area contributed by atoms with Gasteiger partial charge < -0.3 is 18.9 Å². The molecule has 2 aromatic carbocycles. The van der Waals surface area contributed by atoms with Gasteiger partial charge in [0.05, 0.1) is 19.5 Å². The van der Waals surface area contributed by atoms with Crippen LogP contribution in [-0.4, -0.2) is 34.6 Å². The van der Waals surface area contributed by atoms with E-state index >= 15 is 0 Å². The zero-order chi connectivity index (χ0) is 19.4. The molecule has 1 aliphatic rings. The Kier molecular flexibility index (Phi) is 5.02. The highest BCUT2D eigenvalue weighted by Crippen LogP contribution is 2.34. The first kappa shape index (κ1) is 18.1. The number of imidazole rings is 1. The van der Waals surface area contributed by atoms with Gasteiger partial charge in [-0.25, -0.2) is 4.98 Å². The van der Waals surface area contributed by atoms with Crippen LogP contribution in [0, 0.1) is 0 Å². The van der Waals surface area contributed by atoms with E-state index in [1.54, 1.807) is 13.3 Å². The molecule has 0 saturated carbocycles. The molecule has 0 saturated heterocycles. The second kappa shape index (κ2) is 7.76. The van der Waals surface area contributed by atoms with Crippen LogP contribution in [0.3, 0.4) is 0 Å². The molecule has 4 rings (SSSR count). The van der Waals surface area contributed by atoms with Crippen LogP contribution in [0.2, 0.25) is 0 Å². The molecule has 0 amide bonds. The Morgan fingerprint density at radius 2 is 1.89 bits per heavy atom. The van der Waals surface area contributed by atoms with Crippen molar-refractivity contribution in [1.29, 1.82) is 0 Å². The molecule has 0 spiro atoms. The van der Waals surface area contributed by atoms with Crippen molar-refractivity contribution in [2.45, 2.75) is 25.0 Å². The minimum Gasteiger partial charge on any atom is -0.497 e. The van der Waals surface area contributed by atoms with E-state index in [0.717, 1.165) is 22.8 Å². The maximum atomic E-state index is 5.95. The molecule has 0 aliphatic carbocycles. The fraction of sp³-hybridized carbons (Fsp3) is 0.273. The minimum atomic E-state index is -0.555. The Morgan fingerprint density at radius 1 is 1.11 bits per heavy atom. The van der Waals surface area contributed by atoms with Crippen LogP contribution in [0.5, 0.6) is 11.5 Å². The third-order valence-electron chi connectivity index (χ3n) is 4.86. The van der Waals surface area contributed by atoms with Crippen molar-refractivity contribution in [2.75, 3.05) is 13.7 Å². The summed E-state index contributed by atoms with van der Waals surface area (Å²) < 4.78 is 13.3. The highest BCUT2D eigenvalue weighted by atomic mass is 16.7. The Morgan fingerprint density at radius 3 is 2.57 bits per heavy atom. The van der Waals surface area contributed by atoms with Gasteiger partial charge in [-0.1, -0.05) is 23.4 Å². The van der Waals surface area contributed by atoms with Gasteiger partial charge in [-0.05, 0) is 43.3 Å². The number of hydrogen-bond acceptors (Lipinski definition) is 5. The summed E-state index contributed by atoms with van der Waals surface area (Å²) in [7, 11) is 1.66. The van der Waals surface area contributed by atoms with Crippen LogP contribution in [0.1, 0.15) is 24.9 Å². The van der Waals surface area contributed by atoms with Crippen molar-refractivity contribution in [3.05, 3.63) is 78.9 Å². The van der Waals surface area contributed by atoms with Crippen molar-refractivity contribution >= 4 is 5.71 Å². The first-order chi connectivity index (χ1) is 13.7. The van der Waals surface area contributed by atoms with Crippen molar-refractivity contribution < 1.29 is 14.3 Å². The lowest BCUT2D eigenvalue weighted by molar-refractivity contribution is -0.0781. The lowest BCUT2D eigenvalue weighted by Crippen LogP contribution is -2.42. The minimum absolute atomic E-state index is 0.00554. The van der Waals surface area contributed by atoms with Gasteiger partial charge >= 0.3 is 0 Å². The molecule has 2 atom stereocenters. The number of oxime groups is 1. The van der Waals surface area contributed by atoms with Gasteiger partial charge in [0, 0.05) is 24.4 Å². The fourth-order valence-electron chi connectivity index (χ4n) is 3.31. The predicted molar refractivity (Wildman–Crippen MR) is 107 cm³/mol. The number of nitrogens with zero attached hydrogens (tertiary/aromatic N) is 3. The maximum Gasteiger partial charge on any atom is 0.171 e. The fourth-order valence-corrected chi connectivity index (χ4v) is 3.31. The molecular weight excluding hydrogens is 354 g/mol. The van der Waals surface area contributed by atoms with Gasteiger partial charge in [-0.3, -0.25) is 0 Å². The number of para-hydroxylation sites is 1. The van der Waals surface area contributed by atoms with Crippen LogP contribution in [0.25, 0.3) is 0 Å². The standard InChI is InChI=1S/C22H23N3O3/c1-22(15-27-19-6-4-3-5-7-19)14-20(25-13-12-23-16-25)21(24-28-22)17-8-10-18(26-2)11-9-17/h3-13,16,20H,14-15H2,1-2H3. The number of rotatable bonds is 6. The molecule has 1 aromatic heterocycles. The summed E-state index contributed by atoms with van der Waals surface area (Å²) in [4.78, 5) is 10.1. The number of ether oxygens (including phenoxy) is 2. The molecule has 6 nitrogen and oxygen atoms in total. The van der Waals surface area contributed by atoms with Crippen molar-refractivity contribution in [1.82, 2.24) is 9.55 Å². The van der Waals surface area contributed by atoms with Crippen LogP contribution in [0.4, 0.5) is 0 Å². The number of hydrogen-bond donors (Lipinski definition) is 0. The largest absolute Gasteiger partial charge is 0.497 e. The van der Waals surface area contributed by atoms with Crippen molar-refractivity contribution in [3.63, 3.8) is 0 Å². The SMILES string of the molecule is COc1ccc(C2=NOC(C)(COc3ccccc3)CC2n2ccnc2)cc1. The Balaban J connectivity index is 1.59. The summed E-state index contributed by atoms with van der Waals surface area (Å²) in [5.74, 6) is 1.62. The van der Waals surface area contributed by atoms with Crippen LogP contribution in [-0.2, 0) is 4.84 Å². The number of methoxy groups -OCH3 is 1. The number of aromatic nitrogens is 2. The third-order valence-corrected chi connectivity index (χ3v) is 4.86. The topological polar surface area (TPSA) is 57.9 Å². The van der Waals surface area contributed by atoms with E-state index in [1.165, 1.54) is 0 Å². The summed E-state index contributed by atoms with van der Waals surface area (Å²) in [6, 6.07) is 17.6. The summed E-state index contributed by atoms with van der Waals surface area (Å²) >= 11 is 0. The molecule has 2 heterocycles. The highest BCUT2D eigenvalue weighted by molar-refractivity contribution is 6.03. The summed E-state index contributed by atoms with van der Waals surface area (Å²) in [5.41, 5.74) is 1.30. The van der Waals surface area contributed by atoms with Crippen molar-refractivity contribution in [3.8, 4) is 11.5 Å². The van der Waals surface area contributed by atoms with E-state index in [1.807, 2.05) is 74.0 Å². The average molecular weight is 377 g/mol. The maximum absolute atomic E-state index is 5.95. The van der Waals surface area contributed by atoms with Gasteiger partial charge in [0.15, 0.2) is 5.60 Å². The first-order valence-electron chi connectivity index (χ1n) is 9.23. The molecule has 0 fully saturated rings. The Hall–Kier alpha value is -3.28. The Labute approximate surface area is 164 Å². The van der Waals surface area contributed by atoms with E-state index in [0.29, 0.717) is 13.0 Å². The van der Waals surface area contributed by atoms with Crippen LogP contribution < -0.4 is 9.47 Å². The second-order valence-electron chi connectivity index (χ2n) is 7.08. The molecule has 3 aromatic rings. The van der Waals surface area contributed by atoms with E-state index in [4.69, 9.17) is 14.3 Å². The molecule has 28 heavy (non-hydrogen) atoms. The van der Waals surface area contributed by atoms with E-state index in [2.05, 4.69) is 14.7 Å². The number of benzene rings is 2. The molecule has 0 bridgehead atoms. The second-order valence-corrected chi connectivity index (χ2v) is 7.08. The monoisotopic (exact) mass is 377 g/mol. The quantitative estimate of drug-likeness (QED) is 0.649. The van der Waals surface area contributed by atoms with Gasteiger partial charge in [0.2, 0.25) is 0 Å². The molecule has 144 valence electrons. The molecule has 2 unspecified atom stereocenters. The lowest BCUT2D eigenvalue weighted by atomic mass is 9.90. The normalized spacial score (nSPS) is 21.5. The zero-order valence-corrected chi connectivity index (χ0v) is 16.0. The molecule has 6 heteroatoms. The summed E-state index contributed by atoms with van der Waals surface area (Å²) in [5, 5.41) is 4.51. The average Bonchev–Trinajstić information content (AvgIpc) is 3.28. The molecule has 1 aliphatic heterocycles. The van der Waals surface area contributed by atoms with E-state index in [-0.39, 0.29) is 6.04 Å². The van der Waals surface area contributed by atoms with Gasteiger partial charge in [-0.2, -0.15) is 0 Å². The van der Waals surface area contributed by atoms with Crippen LogP contribution in [0.15, 0.2) is 78.5 Å². The highest BCUT2D eigenvalue weighted by Gasteiger charge is 2.39. The predicted octanol–water partition coefficient (Wildman–Crippen LogP) is 4.10. The first-order valence-corrected chi connectivity index (χ1v) is 9.23. The van der Waals surface area contributed by atoms with Gasteiger partial charge in [0.25, 0.3) is 0 Å². The molecule has 0 radical (unpaired) electrons. The Bertz CT molecular complexity index is 923. The van der Waals surface area contributed by atoms with E-state index < -0.39 is 5.60 Å². The summed E-state index contributed by atoms with van der Waals surface area (Å²) in [6.07, 6.45) is 6.25. The van der Waals surface area contributed by atoms with Crippen molar-refractivity contribution in [2.24, 2.45) is 5.16 Å². The van der Waals surface area contributed by atoms with Crippen LogP contribution >= 0.6 is 0 Å². The zero-order valence-electron chi connectivity index (χ0n) is 16.0. The van der Waals surface area contributed by atoms with E-state index in [9.17, 15) is 0 Å². The third kappa shape index (κ3) is 3.86. The molecule has 0 N–H and O–H groups in total. The lowest BCUT2D eigenvalue weighted by Gasteiger charge is -2.36. The molecular formula is C22H23N3O3. The van der Waals surface area contributed by atoms with Gasteiger partial charge in [-0.15, -0.1) is 0 Å². The smallest absolute Gasteiger partial charge is 0.171 e. The van der Waals surface area contributed by atoms with Gasteiger partial charge in [0.1, 0.15) is 23.8 Å².